The molecule has 32 heavy (non-hydrogen) atoms. The number of hydrogen-bond donors (Lipinski definition) is 0. The van der Waals surface area contributed by atoms with Gasteiger partial charge in [-0.2, -0.15) is 0 Å². The first kappa shape index (κ1) is 21.9. The quantitative estimate of drug-likeness (QED) is 0.281. The van der Waals surface area contributed by atoms with E-state index < -0.39 is 0 Å². The topological polar surface area (TPSA) is 52.8 Å². The number of hydrogen-bond acceptors (Lipinski definition) is 5. The first-order valence-corrected chi connectivity index (χ1v) is 11.5. The standard InChI is InChI=1S/C25H25FN4OS/c1-19-5-8-21(24(26)16-19)9-12-25-28-22(18-32-25)17-31-23-10-6-20(7-11-23)4-2-3-14-30-15-13-27-29-30/h5-13,15-16,18H,2-4,14,17H2,1H3/b12-9+. The summed E-state index contributed by atoms with van der Waals surface area (Å²) in [5, 5.41) is 10.6. The van der Waals surface area contributed by atoms with E-state index in [0.29, 0.717) is 12.2 Å². The molecule has 164 valence electrons. The molecule has 0 aliphatic rings. The highest BCUT2D eigenvalue weighted by atomic mass is 32.1. The number of aromatic nitrogens is 4. The lowest BCUT2D eigenvalue weighted by Crippen LogP contribution is -1.99. The van der Waals surface area contributed by atoms with E-state index >= 15 is 0 Å². The van der Waals surface area contributed by atoms with E-state index in [1.165, 1.54) is 23.0 Å². The summed E-state index contributed by atoms with van der Waals surface area (Å²) in [5.41, 5.74) is 3.61. The Bertz CT molecular complexity index is 1150. The Balaban J connectivity index is 1.22. The van der Waals surface area contributed by atoms with Gasteiger partial charge >= 0.3 is 0 Å². The minimum absolute atomic E-state index is 0.222. The van der Waals surface area contributed by atoms with Crippen molar-refractivity contribution in [2.45, 2.75) is 39.3 Å². The Morgan fingerprint density at radius 1 is 1.09 bits per heavy atom. The molecule has 7 heteroatoms. The summed E-state index contributed by atoms with van der Waals surface area (Å²) in [6, 6.07) is 13.4. The third-order valence-electron chi connectivity index (χ3n) is 5.02. The van der Waals surface area contributed by atoms with Gasteiger partial charge in [0.1, 0.15) is 23.2 Å². The minimum atomic E-state index is -0.222. The van der Waals surface area contributed by atoms with E-state index in [0.717, 1.165) is 47.8 Å². The Morgan fingerprint density at radius 3 is 2.75 bits per heavy atom. The predicted molar refractivity (Wildman–Crippen MR) is 126 cm³/mol. The molecule has 4 aromatic rings. The Labute approximate surface area is 191 Å². The van der Waals surface area contributed by atoms with Crippen LogP contribution in [0.2, 0.25) is 0 Å². The smallest absolute Gasteiger partial charge is 0.131 e. The van der Waals surface area contributed by atoms with Gasteiger partial charge in [0.15, 0.2) is 0 Å². The lowest BCUT2D eigenvalue weighted by molar-refractivity contribution is 0.302. The third-order valence-corrected chi connectivity index (χ3v) is 5.87. The first-order valence-electron chi connectivity index (χ1n) is 10.6. The number of thiazole rings is 1. The van der Waals surface area contributed by atoms with Gasteiger partial charge in [-0.3, -0.25) is 4.68 Å². The lowest BCUT2D eigenvalue weighted by Gasteiger charge is -2.06. The van der Waals surface area contributed by atoms with Crippen molar-refractivity contribution in [2.24, 2.45) is 0 Å². The average molecular weight is 449 g/mol. The molecule has 0 saturated heterocycles. The molecule has 0 amide bonds. The fourth-order valence-electron chi connectivity index (χ4n) is 3.26. The highest BCUT2D eigenvalue weighted by Gasteiger charge is 2.03. The summed E-state index contributed by atoms with van der Waals surface area (Å²) in [4.78, 5) is 4.55. The predicted octanol–water partition coefficient (Wildman–Crippen LogP) is 5.95. The van der Waals surface area contributed by atoms with Crippen LogP contribution in [0.1, 0.15) is 40.2 Å². The molecule has 0 aliphatic heterocycles. The van der Waals surface area contributed by atoms with Crippen molar-refractivity contribution in [2.75, 3.05) is 0 Å². The molecule has 0 spiro atoms. The Hall–Kier alpha value is -3.32. The molecule has 2 aromatic heterocycles. The largest absolute Gasteiger partial charge is 0.487 e. The van der Waals surface area contributed by atoms with Crippen molar-refractivity contribution in [3.63, 3.8) is 0 Å². The zero-order valence-corrected chi connectivity index (χ0v) is 18.8. The fraction of sp³-hybridized carbons (Fsp3) is 0.240. The number of benzene rings is 2. The van der Waals surface area contributed by atoms with Crippen LogP contribution >= 0.6 is 11.3 Å². The maximum absolute atomic E-state index is 13.9. The van der Waals surface area contributed by atoms with Crippen LogP contribution in [-0.2, 0) is 19.6 Å². The van der Waals surface area contributed by atoms with Crippen molar-refractivity contribution in [1.29, 1.82) is 0 Å². The van der Waals surface area contributed by atoms with E-state index in [-0.39, 0.29) is 5.82 Å². The maximum Gasteiger partial charge on any atom is 0.131 e. The lowest BCUT2D eigenvalue weighted by atomic mass is 10.1. The van der Waals surface area contributed by atoms with E-state index in [9.17, 15) is 4.39 Å². The molecule has 0 bridgehead atoms. The van der Waals surface area contributed by atoms with Crippen LogP contribution < -0.4 is 4.74 Å². The summed E-state index contributed by atoms with van der Waals surface area (Å²) in [6.45, 7) is 3.17. The summed E-state index contributed by atoms with van der Waals surface area (Å²) in [6.07, 6.45) is 10.4. The second-order valence-corrected chi connectivity index (χ2v) is 8.48. The van der Waals surface area contributed by atoms with Gasteiger partial charge in [0.25, 0.3) is 0 Å². The van der Waals surface area contributed by atoms with E-state index in [1.807, 2.05) is 47.5 Å². The van der Waals surface area contributed by atoms with Gasteiger partial charge in [0.2, 0.25) is 0 Å². The third kappa shape index (κ3) is 6.34. The fourth-order valence-corrected chi connectivity index (χ4v) is 3.95. The summed E-state index contributed by atoms with van der Waals surface area (Å²) >= 11 is 1.52. The van der Waals surface area contributed by atoms with Gasteiger partial charge in [-0.05, 0) is 67.7 Å². The molecule has 0 N–H and O–H groups in total. The van der Waals surface area contributed by atoms with Gasteiger partial charge in [-0.1, -0.05) is 29.5 Å². The molecule has 0 fully saturated rings. The Morgan fingerprint density at radius 2 is 1.97 bits per heavy atom. The van der Waals surface area contributed by atoms with Crippen LogP contribution in [0.5, 0.6) is 5.75 Å². The van der Waals surface area contributed by atoms with Gasteiger partial charge in [-0.15, -0.1) is 16.4 Å². The molecule has 2 aromatic carbocycles. The van der Waals surface area contributed by atoms with E-state index in [1.54, 1.807) is 18.3 Å². The van der Waals surface area contributed by atoms with E-state index in [2.05, 4.69) is 27.4 Å². The van der Waals surface area contributed by atoms with Crippen molar-refractivity contribution >= 4 is 23.5 Å². The molecule has 2 heterocycles. The molecule has 4 rings (SSSR count). The molecule has 0 aliphatic carbocycles. The molecular weight excluding hydrogens is 423 g/mol. The normalized spacial score (nSPS) is 11.3. The zero-order chi connectivity index (χ0) is 22.2. The molecule has 0 radical (unpaired) electrons. The van der Waals surface area contributed by atoms with Crippen LogP contribution in [-0.4, -0.2) is 20.0 Å². The molecule has 0 saturated carbocycles. The van der Waals surface area contributed by atoms with Crippen molar-refractivity contribution < 1.29 is 9.13 Å². The monoisotopic (exact) mass is 448 g/mol. The minimum Gasteiger partial charge on any atom is -0.487 e. The number of ether oxygens (including phenoxy) is 1. The van der Waals surface area contributed by atoms with Crippen molar-refractivity contribution in [3.05, 3.63) is 93.4 Å². The van der Waals surface area contributed by atoms with E-state index in [4.69, 9.17) is 4.74 Å². The van der Waals surface area contributed by atoms with Gasteiger partial charge < -0.3 is 4.74 Å². The van der Waals surface area contributed by atoms with Crippen LogP contribution in [0.25, 0.3) is 12.2 Å². The van der Waals surface area contributed by atoms with Crippen LogP contribution in [0.4, 0.5) is 4.39 Å². The number of nitrogens with zero attached hydrogens (tertiary/aromatic N) is 4. The van der Waals surface area contributed by atoms with Crippen LogP contribution in [0.15, 0.2) is 60.2 Å². The van der Waals surface area contributed by atoms with Crippen LogP contribution in [0.3, 0.4) is 0 Å². The number of unbranched alkanes of at least 4 members (excludes halogenated alkanes) is 1. The van der Waals surface area contributed by atoms with Gasteiger partial charge in [0.05, 0.1) is 11.9 Å². The summed E-state index contributed by atoms with van der Waals surface area (Å²) in [7, 11) is 0. The number of rotatable bonds is 10. The number of aryl methyl sites for hydroxylation is 3. The SMILES string of the molecule is Cc1ccc(/C=C/c2nc(COc3ccc(CCCCn4ccnn4)cc3)cs2)c(F)c1. The molecule has 0 unspecified atom stereocenters. The number of halogens is 1. The first-order chi connectivity index (χ1) is 15.7. The van der Waals surface area contributed by atoms with Gasteiger partial charge in [0, 0.05) is 23.7 Å². The highest BCUT2D eigenvalue weighted by molar-refractivity contribution is 7.10. The molecular formula is C25H25FN4OS. The summed E-state index contributed by atoms with van der Waals surface area (Å²) in [5.74, 6) is 0.600. The highest BCUT2D eigenvalue weighted by Crippen LogP contribution is 2.19. The van der Waals surface area contributed by atoms with Crippen molar-refractivity contribution in [3.8, 4) is 5.75 Å². The zero-order valence-electron chi connectivity index (χ0n) is 17.9. The second kappa shape index (κ2) is 10.8. The van der Waals surface area contributed by atoms with Crippen molar-refractivity contribution in [1.82, 2.24) is 20.0 Å². The maximum atomic E-state index is 13.9. The average Bonchev–Trinajstić information content (AvgIpc) is 3.48. The molecule has 0 atom stereocenters. The summed E-state index contributed by atoms with van der Waals surface area (Å²) < 4.78 is 21.7. The van der Waals surface area contributed by atoms with Gasteiger partial charge in [-0.25, -0.2) is 9.37 Å². The second-order valence-electron chi connectivity index (χ2n) is 7.59. The van der Waals surface area contributed by atoms with Crippen LogP contribution in [0, 0.1) is 12.7 Å². The molecule has 5 nitrogen and oxygen atoms in total. The Kier molecular flexibility index (Phi) is 7.40.